The summed E-state index contributed by atoms with van der Waals surface area (Å²) >= 11 is 6.00. The molecule has 1 aliphatic carbocycles. The summed E-state index contributed by atoms with van der Waals surface area (Å²) in [6, 6.07) is 9.39. The van der Waals surface area contributed by atoms with Crippen LogP contribution in [0.3, 0.4) is 0 Å². The van der Waals surface area contributed by atoms with Crippen LogP contribution in [-0.2, 0) is 0 Å². The van der Waals surface area contributed by atoms with Crippen LogP contribution in [0.4, 0.5) is 0 Å². The lowest BCUT2D eigenvalue weighted by Gasteiger charge is -2.41. The van der Waals surface area contributed by atoms with Crippen molar-refractivity contribution < 1.29 is 0 Å². The van der Waals surface area contributed by atoms with Gasteiger partial charge in [0.05, 0.1) is 0 Å². The Balaban J connectivity index is 2.15. The van der Waals surface area contributed by atoms with Gasteiger partial charge in [0.25, 0.3) is 0 Å². The van der Waals surface area contributed by atoms with Crippen molar-refractivity contribution in [3.05, 3.63) is 34.9 Å². The SMILES string of the molecule is CCC(c1ccc(Cl)cc1)N(C)C1CCCCC1CN. The van der Waals surface area contributed by atoms with E-state index in [1.165, 1.54) is 31.2 Å². The molecule has 1 aliphatic rings. The molecule has 1 aromatic rings. The molecule has 2 rings (SSSR count). The second-order valence-corrected chi connectivity index (χ2v) is 6.43. The van der Waals surface area contributed by atoms with E-state index >= 15 is 0 Å². The van der Waals surface area contributed by atoms with Gasteiger partial charge in [-0.25, -0.2) is 0 Å². The Labute approximate surface area is 128 Å². The van der Waals surface area contributed by atoms with Crippen LogP contribution in [0.1, 0.15) is 50.6 Å². The van der Waals surface area contributed by atoms with E-state index in [0.717, 1.165) is 18.0 Å². The monoisotopic (exact) mass is 294 g/mol. The Morgan fingerprint density at radius 2 is 1.90 bits per heavy atom. The van der Waals surface area contributed by atoms with E-state index < -0.39 is 0 Å². The van der Waals surface area contributed by atoms with E-state index in [1.54, 1.807) is 0 Å². The van der Waals surface area contributed by atoms with E-state index in [-0.39, 0.29) is 0 Å². The van der Waals surface area contributed by atoms with Gasteiger partial charge in [-0.05, 0) is 56.5 Å². The highest BCUT2D eigenvalue weighted by Crippen LogP contribution is 2.34. The fourth-order valence-electron chi connectivity index (χ4n) is 3.67. The highest BCUT2D eigenvalue weighted by Gasteiger charge is 2.30. The molecule has 0 saturated heterocycles. The number of halogens is 1. The second-order valence-electron chi connectivity index (χ2n) is 5.99. The summed E-state index contributed by atoms with van der Waals surface area (Å²) < 4.78 is 0. The average Bonchev–Trinajstić information content (AvgIpc) is 2.49. The number of hydrogen-bond donors (Lipinski definition) is 1. The van der Waals surface area contributed by atoms with Crippen LogP contribution in [0.2, 0.25) is 5.02 Å². The van der Waals surface area contributed by atoms with Crippen LogP contribution in [0.25, 0.3) is 0 Å². The van der Waals surface area contributed by atoms with Gasteiger partial charge in [-0.3, -0.25) is 4.90 Å². The fraction of sp³-hybridized carbons (Fsp3) is 0.647. The molecule has 0 spiro atoms. The van der Waals surface area contributed by atoms with Crippen LogP contribution in [-0.4, -0.2) is 24.5 Å². The highest BCUT2D eigenvalue weighted by molar-refractivity contribution is 6.30. The Hall–Kier alpha value is -0.570. The standard InChI is InChI=1S/C17H27ClN2/c1-3-16(13-8-10-15(18)11-9-13)20(2)17-7-5-4-6-14(17)12-19/h8-11,14,16-17H,3-7,12,19H2,1-2H3. The summed E-state index contributed by atoms with van der Waals surface area (Å²) in [4.78, 5) is 2.56. The molecule has 0 aromatic heterocycles. The molecule has 0 bridgehead atoms. The van der Waals surface area contributed by atoms with Crippen molar-refractivity contribution in [3.63, 3.8) is 0 Å². The number of nitrogens with two attached hydrogens (primary N) is 1. The first-order chi connectivity index (χ1) is 9.67. The van der Waals surface area contributed by atoms with Crippen molar-refractivity contribution in [3.8, 4) is 0 Å². The van der Waals surface area contributed by atoms with E-state index in [9.17, 15) is 0 Å². The minimum atomic E-state index is 0.462. The van der Waals surface area contributed by atoms with Gasteiger partial charge in [-0.2, -0.15) is 0 Å². The maximum Gasteiger partial charge on any atom is 0.0406 e. The lowest BCUT2D eigenvalue weighted by atomic mass is 9.82. The third-order valence-electron chi connectivity index (χ3n) is 4.83. The normalized spacial score (nSPS) is 24.9. The largest absolute Gasteiger partial charge is 0.330 e. The fourth-order valence-corrected chi connectivity index (χ4v) is 3.80. The number of nitrogens with zero attached hydrogens (tertiary/aromatic N) is 1. The zero-order valence-corrected chi connectivity index (χ0v) is 13.4. The summed E-state index contributed by atoms with van der Waals surface area (Å²) in [5.74, 6) is 0.648. The van der Waals surface area contributed by atoms with E-state index in [4.69, 9.17) is 17.3 Å². The van der Waals surface area contributed by atoms with Gasteiger partial charge in [0, 0.05) is 17.1 Å². The molecule has 2 nitrogen and oxygen atoms in total. The summed E-state index contributed by atoms with van der Waals surface area (Å²) in [5.41, 5.74) is 7.35. The lowest BCUT2D eigenvalue weighted by Crippen LogP contribution is -2.44. The zero-order chi connectivity index (χ0) is 14.5. The van der Waals surface area contributed by atoms with E-state index in [2.05, 4.69) is 31.0 Å². The summed E-state index contributed by atoms with van der Waals surface area (Å²) in [5, 5.41) is 0.809. The average molecular weight is 295 g/mol. The predicted octanol–water partition coefficient (Wildman–Crippen LogP) is 4.24. The van der Waals surface area contributed by atoms with Crippen LogP contribution in [0.15, 0.2) is 24.3 Å². The van der Waals surface area contributed by atoms with Crippen molar-refractivity contribution in [1.29, 1.82) is 0 Å². The van der Waals surface area contributed by atoms with Crippen molar-refractivity contribution in [2.45, 2.75) is 51.1 Å². The summed E-state index contributed by atoms with van der Waals surface area (Å²) in [6.07, 6.45) is 6.35. The molecule has 20 heavy (non-hydrogen) atoms. The second kappa shape index (κ2) is 7.44. The van der Waals surface area contributed by atoms with Crippen molar-refractivity contribution in [2.24, 2.45) is 11.7 Å². The Morgan fingerprint density at radius 1 is 1.25 bits per heavy atom. The minimum absolute atomic E-state index is 0.462. The first kappa shape index (κ1) is 15.8. The van der Waals surface area contributed by atoms with Gasteiger partial charge in [-0.1, -0.05) is 43.5 Å². The maximum atomic E-state index is 6.00. The van der Waals surface area contributed by atoms with E-state index in [0.29, 0.717) is 18.0 Å². The molecule has 0 heterocycles. The predicted molar refractivity (Wildman–Crippen MR) is 87.0 cm³/mol. The summed E-state index contributed by atoms with van der Waals surface area (Å²) in [7, 11) is 2.27. The van der Waals surface area contributed by atoms with Gasteiger partial charge in [-0.15, -0.1) is 0 Å². The van der Waals surface area contributed by atoms with Gasteiger partial charge in [0.1, 0.15) is 0 Å². The van der Waals surface area contributed by atoms with E-state index in [1.807, 2.05) is 12.1 Å². The molecule has 3 unspecified atom stereocenters. The molecule has 0 amide bonds. The summed E-state index contributed by atoms with van der Waals surface area (Å²) in [6.45, 7) is 3.07. The van der Waals surface area contributed by atoms with Gasteiger partial charge >= 0.3 is 0 Å². The molecule has 1 saturated carbocycles. The number of hydrogen-bond acceptors (Lipinski definition) is 2. The maximum absolute atomic E-state index is 6.00. The van der Waals surface area contributed by atoms with Crippen molar-refractivity contribution in [2.75, 3.05) is 13.6 Å². The molecule has 0 aliphatic heterocycles. The van der Waals surface area contributed by atoms with Crippen LogP contribution in [0.5, 0.6) is 0 Å². The highest BCUT2D eigenvalue weighted by atomic mass is 35.5. The van der Waals surface area contributed by atoms with Crippen LogP contribution < -0.4 is 5.73 Å². The van der Waals surface area contributed by atoms with Crippen LogP contribution >= 0.6 is 11.6 Å². The minimum Gasteiger partial charge on any atom is -0.330 e. The van der Waals surface area contributed by atoms with Crippen LogP contribution in [0, 0.1) is 5.92 Å². The third kappa shape index (κ3) is 3.55. The lowest BCUT2D eigenvalue weighted by molar-refractivity contribution is 0.0895. The molecule has 1 aromatic carbocycles. The Morgan fingerprint density at radius 3 is 2.50 bits per heavy atom. The molecule has 0 radical (unpaired) electrons. The zero-order valence-electron chi connectivity index (χ0n) is 12.7. The van der Waals surface area contributed by atoms with Gasteiger partial charge < -0.3 is 5.73 Å². The quantitative estimate of drug-likeness (QED) is 0.880. The Kier molecular flexibility index (Phi) is 5.88. The van der Waals surface area contributed by atoms with Gasteiger partial charge in [0.15, 0.2) is 0 Å². The third-order valence-corrected chi connectivity index (χ3v) is 5.08. The molecule has 3 heteroatoms. The molecule has 112 valence electrons. The Bertz CT molecular complexity index is 404. The molecular weight excluding hydrogens is 268 g/mol. The van der Waals surface area contributed by atoms with Crippen molar-refractivity contribution in [1.82, 2.24) is 4.90 Å². The first-order valence-corrected chi connectivity index (χ1v) is 8.22. The number of benzene rings is 1. The first-order valence-electron chi connectivity index (χ1n) is 7.84. The molecule has 2 N–H and O–H groups in total. The smallest absolute Gasteiger partial charge is 0.0406 e. The molecule has 3 atom stereocenters. The number of rotatable bonds is 5. The van der Waals surface area contributed by atoms with Crippen molar-refractivity contribution >= 4 is 11.6 Å². The topological polar surface area (TPSA) is 29.3 Å². The molecular formula is C17H27ClN2. The van der Waals surface area contributed by atoms with Gasteiger partial charge in [0.2, 0.25) is 0 Å². The molecule has 1 fully saturated rings.